The van der Waals surface area contributed by atoms with Crippen LogP contribution in [0.15, 0.2) is 12.3 Å². The summed E-state index contributed by atoms with van der Waals surface area (Å²) >= 11 is 0. The number of carbonyl (C=O) groups excluding carboxylic acids is 3. The van der Waals surface area contributed by atoms with Crippen molar-refractivity contribution in [1.82, 2.24) is 0 Å². The molecule has 3 aliphatic rings. The molecule has 0 bridgehead atoms. The molecule has 0 fully saturated rings. The first-order valence-corrected chi connectivity index (χ1v) is 7.50. The number of Topliss-reactive ketones (excluding diaryl/α,β-unsaturated/α-hetero) is 3. The molecule has 1 aromatic rings. The molecule has 4 rings (SSSR count). The van der Waals surface area contributed by atoms with Crippen molar-refractivity contribution in [2.24, 2.45) is 5.92 Å². The quantitative estimate of drug-likeness (QED) is 0.713. The molecule has 4 nitrogen and oxygen atoms in total. The predicted octanol–water partition coefficient (Wildman–Crippen LogP) is 0.646. The van der Waals surface area contributed by atoms with E-state index < -0.39 is 11.6 Å². The van der Waals surface area contributed by atoms with Gasteiger partial charge in [0.15, 0.2) is 5.78 Å². The van der Waals surface area contributed by atoms with Crippen LogP contribution in [0.25, 0.3) is 12.2 Å². The molecule has 1 heterocycles. The zero-order chi connectivity index (χ0) is 15.4. The molecule has 1 atom stereocenters. The molecule has 0 amide bonds. The number of hydrogen-bond acceptors (Lipinski definition) is 4. The van der Waals surface area contributed by atoms with Crippen LogP contribution < -0.4 is 15.8 Å². The van der Waals surface area contributed by atoms with Crippen molar-refractivity contribution in [1.29, 1.82) is 0 Å². The number of allylic oxidation sites excluding steroid dienone is 1. The number of carbonyl (C=O) groups is 3. The van der Waals surface area contributed by atoms with Gasteiger partial charge in [-0.25, -0.2) is 0 Å². The molecular weight excluding hydrogens is 278 g/mol. The van der Waals surface area contributed by atoms with Crippen molar-refractivity contribution in [3.63, 3.8) is 0 Å². The number of rotatable bonds is 0. The van der Waals surface area contributed by atoms with Crippen molar-refractivity contribution < 1.29 is 14.4 Å². The van der Waals surface area contributed by atoms with E-state index in [1.165, 1.54) is 12.2 Å². The lowest BCUT2D eigenvalue weighted by atomic mass is 9.77. The maximum Gasteiger partial charge on any atom is 0.226 e. The molecule has 110 valence electrons. The summed E-state index contributed by atoms with van der Waals surface area (Å²) < 4.78 is 0. The van der Waals surface area contributed by atoms with Crippen molar-refractivity contribution in [2.75, 3.05) is 5.32 Å². The number of ketones is 3. The number of benzene rings is 1. The number of nitrogens with one attached hydrogen (secondary N) is 1. The average Bonchev–Trinajstić information content (AvgIpc) is 2.49. The van der Waals surface area contributed by atoms with E-state index in [9.17, 15) is 14.4 Å². The molecule has 1 N–H and O–H groups in total. The Hall–Kier alpha value is -2.49. The molecule has 2 aliphatic carbocycles. The smallest absolute Gasteiger partial charge is 0.226 e. The van der Waals surface area contributed by atoms with E-state index in [2.05, 4.69) is 12.2 Å². The van der Waals surface area contributed by atoms with Crippen molar-refractivity contribution >= 4 is 35.2 Å². The maximum absolute atomic E-state index is 12.6. The van der Waals surface area contributed by atoms with E-state index in [0.29, 0.717) is 28.3 Å². The fourth-order valence-electron chi connectivity index (χ4n) is 3.69. The lowest BCUT2D eigenvalue weighted by Gasteiger charge is -2.28. The Labute approximate surface area is 127 Å². The Morgan fingerprint density at radius 2 is 1.73 bits per heavy atom. The minimum Gasteiger partial charge on any atom is -0.361 e. The third-order valence-corrected chi connectivity index (χ3v) is 4.62. The van der Waals surface area contributed by atoms with Crippen LogP contribution in [0.5, 0.6) is 0 Å². The highest BCUT2D eigenvalue weighted by atomic mass is 16.2. The Balaban J connectivity index is 2.18. The summed E-state index contributed by atoms with van der Waals surface area (Å²) in [6.07, 6.45) is 8.64. The van der Waals surface area contributed by atoms with Gasteiger partial charge in [0.1, 0.15) is 0 Å². The van der Waals surface area contributed by atoms with Crippen LogP contribution in [0.2, 0.25) is 0 Å². The van der Waals surface area contributed by atoms with Gasteiger partial charge in [0, 0.05) is 22.9 Å². The van der Waals surface area contributed by atoms with Crippen molar-refractivity contribution in [3.8, 4) is 0 Å². The first kappa shape index (κ1) is 13.2. The second-order valence-corrected chi connectivity index (χ2v) is 6.24. The molecule has 0 spiro atoms. The second kappa shape index (κ2) is 4.50. The number of anilines is 1. The summed E-state index contributed by atoms with van der Waals surface area (Å²) in [5.74, 6) is -0.692. The fourth-order valence-corrected chi connectivity index (χ4v) is 3.69. The van der Waals surface area contributed by atoms with Gasteiger partial charge in [0.25, 0.3) is 0 Å². The molecule has 1 aliphatic heterocycles. The second-order valence-electron chi connectivity index (χ2n) is 6.24. The third kappa shape index (κ3) is 1.73. The third-order valence-electron chi connectivity index (χ3n) is 4.62. The van der Waals surface area contributed by atoms with E-state index in [4.69, 9.17) is 0 Å². The van der Waals surface area contributed by atoms with Crippen LogP contribution in [0.1, 0.15) is 34.8 Å². The Morgan fingerprint density at radius 1 is 1.00 bits per heavy atom. The molecule has 0 saturated carbocycles. The van der Waals surface area contributed by atoms with E-state index in [1.54, 1.807) is 0 Å². The monoisotopic (exact) mass is 293 g/mol. The van der Waals surface area contributed by atoms with Gasteiger partial charge >= 0.3 is 0 Å². The molecule has 0 aromatic heterocycles. The Bertz CT molecular complexity index is 905. The van der Waals surface area contributed by atoms with E-state index in [-0.39, 0.29) is 5.78 Å². The lowest BCUT2D eigenvalue weighted by Crippen LogP contribution is -2.43. The normalized spacial score (nSPS) is 22.0. The largest absolute Gasteiger partial charge is 0.361 e. The van der Waals surface area contributed by atoms with Crippen LogP contribution in [-0.2, 0) is 22.4 Å². The summed E-state index contributed by atoms with van der Waals surface area (Å²) in [5, 5.41) is 4.51. The summed E-state index contributed by atoms with van der Waals surface area (Å²) in [5.41, 5.74) is 3.65. The zero-order valence-electron chi connectivity index (χ0n) is 12.2. The summed E-state index contributed by atoms with van der Waals surface area (Å²) in [7, 11) is 0. The SMILES string of the molecule is CC1CC(=O)c2c(c3c(c4c2=CC(=O)C(=O)C=4)NC=CC3)C1. The van der Waals surface area contributed by atoms with Crippen LogP contribution in [-0.4, -0.2) is 17.3 Å². The summed E-state index contributed by atoms with van der Waals surface area (Å²) in [6.45, 7) is 2.07. The van der Waals surface area contributed by atoms with Gasteiger partial charge < -0.3 is 5.32 Å². The highest BCUT2D eigenvalue weighted by Gasteiger charge is 2.30. The topological polar surface area (TPSA) is 63.2 Å². The molecule has 4 heteroatoms. The van der Waals surface area contributed by atoms with Crippen LogP contribution in [0.3, 0.4) is 0 Å². The number of hydrogen-bond donors (Lipinski definition) is 1. The standard InChI is InChI=1S/C18H15NO3/c1-9-5-11-10-3-2-4-19-18(10)13-8-15(21)14(20)7-12(13)17(11)16(22)6-9/h2,4,7-9,19H,3,5-6H2,1H3. The molecule has 0 saturated heterocycles. The average molecular weight is 293 g/mol. The van der Waals surface area contributed by atoms with Gasteiger partial charge in [0.05, 0.1) is 0 Å². The van der Waals surface area contributed by atoms with E-state index in [1.807, 2.05) is 12.3 Å². The minimum atomic E-state index is -0.549. The first-order chi connectivity index (χ1) is 10.6. The molecule has 0 radical (unpaired) electrons. The first-order valence-electron chi connectivity index (χ1n) is 7.50. The van der Waals surface area contributed by atoms with Gasteiger partial charge in [-0.3, -0.25) is 14.4 Å². The van der Waals surface area contributed by atoms with Crippen LogP contribution >= 0.6 is 0 Å². The van der Waals surface area contributed by atoms with Crippen LogP contribution in [0, 0.1) is 5.92 Å². The highest BCUT2D eigenvalue weighted by molar-refractivity contribution is 6.57. The molecule has 1 unspecified atom stereocenters. The van der Waals surface area contributed by atoms with E-state index in [0.717, 1.165) is 29.7 Å². The van der Waals surface area contributed by atoms with Gasteiger partial charge in [-0.05, 0) is 53.5 Å². The van der Waals surface area contributed by atoms with Gasteiger partial charge in [0.2, 0.25) is 11.6 Å². The minimum absolute atomic E-state index is 0.0779. The summed E-state index contributed by atoms with van der Waals surface area (Å²) in [4.78, 5) is 36.2. The highest BCUT2D eigenvalue weighted by Crippen LogP contribution is 2.30. The molecule has 22 heavy (non-hydrogen) atoms. The Morgan fingerprint density at radius 3 is 2.50 bits per heavy atom. The van der Waals surface area contributed by atoms with Crippen molar-refractivity contribution in [3.05, 3.63) is 39.4 Å². The van der Waals surface area contributed by atoms with E-state index >= 15 is 0 Å². The summed E-state index contributed by atoms with van der Waals surface area (Å²) in [6, 6.07) is 0. The zero-order valence-corrected chi connectivity index (χ0v) is 12.2. The van der Waals surface area contributed by atoms with Crippen molar-refractivity contribution in [2.45, 2.75) is 26.2 Å². The van der Waals surface area contributed by atoms with Crippen LogP contribution in [0.4, 0.5) is 5.69 Å². The molecule has 1 aromatic carbocycles. The fraction of sp³-hybridized carbons (Fsp3) is 0.278. The van der Waals surface area contributed by atoms with Gasteiger partial charge in [-0.1, -0.05) is 13.0 Å². The van der Waals surface area contributed by atoms with Gasteiger partial charge in [-0.15, -0.1) is 0 Å². The lowest BCUT2D eigenvalue weighted by molar-refractivity contribution is -0.129. The molecular formula is C18H15NO3. The number of fused-ring (bicyclic) bond motifs is 6. The maximum atomic E-state index is 12.6. The van der Waals surface area contributed by atoms with Gasteiger partial charge in [-0.2, -0.15) is 0 Å². The predicted molar refractivity (Wildman–Crippen MR) is 82.9 cm³/mol. The Kier molecular flexibility index (Phi) is 2.70.